The largest absolute Gasteiger partial charge is 0.378 e. The molecule has 2 aromatic carbocycles. The zero-order valence-electron chi connectivity index (χ0n) is 15.2. The average Bonchev–Trinajstić information content (AvgIpc) is 2.63. The van der Waals surface area contributed by atoms with Crippen LogP contribution >= 0.6 is 0 Å². The van der Waals surface area contributed by atoms with Gasteiger partial charge in [0.15, 0.2) is 0 Å². The van der Waals surface area contributed by atoms with E-state index in [0.717, 1.165) is 37.6 Å². The number of hydrogen-bond donors (Lipinski definition) is 1. The quantitative estimate of drug-likeness (QED) is 0.932. The second-order valence-electron chi connectivity index (χ2n) is 6.63. The lowest BCUT2D eigenvalue weighted by atomic mass is 10.1. The van der Waals surface area contributed by atoms with E-state index in [0.29, 0.717) is 0 Å². The van der Waals surface area contributed by atoms with Gasteiger partial charge in [0, 0.05) is 57.3 Å². The summed E-state index contributed by atoms with van der Waals surface area (Å²) in [6.07, 6.45) is 0. The molecule has 0 spiro atoms. The molecule has 2 amide bonds. The molecule has 25 heavy (non-hydrogen) atoms. The van der Waals surface area contributed by atoms with Gasteiger partial charge < -0.3 is 20.0 Å². The van der Waals surface area contributed by atoms with Crippen LogP contribution in [0.2, 0.25) is 0 Å². The standard InChI is InChI=1S/C20H26N4O/c1-16-6-4-5-7-19(16)23-12-14-24(15-13-23)20(25)21-17-8-10-18(11-9-17)22(2)3/h4-11H,12-15H2,1-3H3,(H,21,25). The number of benzene rings is 2. The zero-order valence-corrected chi connectivity index (χ0v) is 15.2. The molecule has 1 N–H and O–H groups in total. The van der Waals surface area contributed by atoms with Crippen LogP contribution in [0.25, 0.3) is 0 Å². The average molecular weight is 338 g/mol. The van der Waals surface area contributed by atoms with E-state index >= 15 is 0 Å². The summed E-state index contributed by atoms with van der Waals surface area (Å²) in [5.41, 5.74) is 4.49. The lowest BCUT2D eigenvalue weighted by Gasteiger charge is -2.36. The summed E-state index contributed by atoms with van der Waals surface area (Å²) >= 11 is 0. The number of piperazine rings is 1. The second-order valence-corrected chi connectivity index (χ2v) is 6.63. The molecule has 1 fully saturated rings. The van der Waals surface area contributed by atoms with E-state index in [9.17, 15) is 4.79 Å². The topological polar surface area (TPSA) is 38.8 Å². The molecule has 1 saturated heterocycles. The van der Waals surface area contributed by atoms with Crippen LogP contribution in [0.5, 0.6) is 0 Å². The van der Waals surface area contributed by atoms with E-state index in [1.54, 1.807) is 0 Å². The summed E-state index contributed by atoms with van der Waals surface area (Å²) < 4.78 is 0. The number of rotatable bonds is 3. The molecule has 0 bridgehead atoms. The first-order valence-electron chi connectivity index (χ1n) is 8.68. The summed E-state index contributed by atoms with van der Waals surface area (Å²) in [5.74, 6) is 0. The molecular weight excluding hydrogens is 312 g/mol. The smallest absolute Gasteiger partial charge is 0.321 e. The molecule has 0 aliphatic carbocycles. The second kappa shape index (κ2) is 7.47. The van der Waals surface area contributed by atoms with Crippen molar-refractivity contribution in [2.24, 2.45) is 0 Å². The van der Waals surface area contributed by atoms with Crippen LogP contribution in [-0.2, 0) is 0 Å². The minimum atomic E-state index is -0.0259. The van der Waals surface area contributed by atoms with Crippen LogP contribution in [0, 0.1) is 6.92 Å². The van der Waals surface area contributed by atoms with Crippen LogP contribution in [-0.4, -0.2) is 51.2 Å². The summed E-state index contributed by atoms with van der Waals surface area (Å²) in [7, 11) is 4.00. The Balaban J connectivity index is 1.55. The first-order chi connectivity index (χ1) is 12.0. The molecule has 0 aromatic heterocycles. The predicted molar refractivity (Wildman–Crippen MR) is 105 cm³/mol. The molecule has 0 unspecified atom stereocenters. The van der Waals surface area contributed by atoms with E-state index in [1.165, 1.54) is 11.3 Å². The van der Waals surface area contributed by atoms with E-state index in [1.807, 2.05) is 48.2 Å². The van der Waals surface area contributed by atoms with Gasteiger partial charge in [-0.25, -0.2) is 4.79 Å². The maximum atomic E-state index is 12.5. The maximum absolute atomic E-state index is 12.5. The number of nitrogens with zero attached hydrogens (tertiary/aromatic N) is 3. The summed E-state index contributed by atoms with van der Waals surface area (Å²) in [4.78, 5) is 18.8. The van der Waals surface area contributed by atoms with Crippen molar-refractivity contribution in [3.8, 4) is 0 Å². The van der Waals surface area contributed by atoms with Crippen LogP contribution < -0.4 is 15.1 Å². The lowest BCUT2D eigenvalue weighted by Crippen LogP contribution is -2.50. The number of carbonyl (C=O) groups is 1. The molecule has 3 rings (SSSR count). The highest BCUT2D eigenvalue weighted by atomic mass is 16.2. The fraction of sp³-hybridized carbons (Fsp3) is 0.350. The van der Waals surface area contributed by atoms with Gasteiger partial charge in [-0.15, -0.1) is 0 Å². The van der Waals surface area contributed by atoms with Crippen molar-refractivity contribution < 1.29 is 4.79 Å². The third-order valence-electron chi connectivity index (χ3n) is 4.66. The van der Waals surface area contributed by atoms with Gasteiger partial charge in [-0.3, -0.25) is 0 Å². The fourth-order valence-electron chi connectivity index (χ4n) is 3.11. The molecule has 1 heterocycles. The molecule has 1 aliphatic rings. The summed E-state index contributed by atoms with van der Waals surface area (Å²) in [5, 5.41) is 2.99. The Morgan fingerprint density at radius 3 is 2.20 bits per heavy atom. The molecule has 0 atom stereocenters. The van der Waals surface area contributed by atoms with Crippen molar-refractivity contribution >= 4 is 23.1 Å². The molecule has 0 saturated carbocycles. The van der Waals surface area contributed by atoms with Gasteiger partial charge in [0.05, 0.1) is 0 Å². The summed E-state index contributed by atoms with van der Waals surface area (Å²) in [6, 6.07) is 16.3. The normalized spacial score (nSPS) is 14.4. The predicted octanol–water partition coefficient (Wildman–Crippen LogP) is 3.42. The zero-order chi connectivity index (χ0) is 17.8. The number of nitrogens with one attached hydrogen (secondary N) is 1. The fourth-order valence-corrected chi connectivity index (χ4v) is 3.11. The molecule has 132 valence electrons. The van der Waals surface area contributed by atoms with Crippen molar-refractivity contribution in [3.63, 3.8) is 0 Å². The third kappa shape index (κ3) is 4.05. The highest BCUT2D eigenvalue weighted by Crippen LogP contribution is 2.21. The summed E-state index contributed by atoms with van der Waals surface area (Å²) in [6.45, 7) is 5.31. The molecule has 0 radical (unpaired) electrons. The van der Waals surface area contributed by atoms with Crippen LogP contribution in [0.1, 0.15) is 5.56 Å². The highest BCUT2D eigenvalue weighted by molar-refractivity contribution is 5.89. The van der Waals surface area contributed by atoms with Gasteiger partial charge in [-0.05, 0) is 42.8 Å². The first-order valence-corrected chi connectivity index (χ1v) is 8.68. The Kier molecular flexibility index (Phi) is 5.12. The molecule has 1 aliphatic heterocycles. The van der Waals surface area contributed by atoms with Crippen molar-refractivity contribution in [1.29, 1.82) is 0 Å². The number of para-hydroxylation sites is 1. The Bertz CT molecular complexity index is 719. The Morgan fingerprint density at radius 2 is 1.60 bits per heavy atom. The van der Waals surface area contributed by atoms with Crippen LogP contribution in [0.3, 0.4) is 0 Å². The van der Waals surface area contributed by atoms with Crippen molar-refractivity contribution in [2.75, 3.05) is 55.4 Å². The van der Waals surface area contributed by atoms with Gasteiger partial charge >= 0.3 is 6.03 Å². The van der Waals surface area contributed by atoms with Crippen molar-refractivity contribution in [3.05, 3.63) is 54.1 Å². The highest BCUT2D eigenvalue weighted by Gasteiger charge is 2.22. The van der Waals surface area contributed by atoms with Gasteiger partial charge in [0.1, 0.15) is 0 Å². The maximum Gasteiger partial charge on any atom is 0.321 e. The van der Waals surface area contributed by atoms with Crippen LogP contribution in [0.15, 0.2) is 48.5 Å². The van der Waals surface area contributed by atoms with E-state index in [4.69, 9.17) is 0 Å². The molecule has 2 aromatic rings. The van der Waals surface area contributed by atoms with Gasteiger partial charge in [-0.2, -0.15) is 0 Å². The number of anilines is 3. The number of carbonyl (C=O) groups excluding carboxylic acids is 1. The van der Waals surface area contributed by atoms with E-state index in [-0.39, 0.29) is 6.03 Å². The first kappa shape index (κ1) is 17.1. The van der Waals surface area contributed by atoms with Gasteiger partial charge in [0.25, 0.3) is 0 Å². The Labute approximate surface area is 149 Å². The van der Waals surface area contributed by atoms with Crippen molar-refractivity contribution in [2.45, 2.75) is 6.92 Å². The number of amides is 2. The van der Waals surface area contributed by atoms with E-state index < -0.39 is 0 Å². The minimum Gasteiger partial charge on any atom is -0.378 e. The molecule has 5 nitrogen and oxygen atoms in total. The van der Waals surface area contributed by atoms with Crippen LogP contribution in [0.4, 0.5) is 21.9 Å². The molecular formula is C20H26N4O. The number of aryl methyl sites for hydroxylation is 1. The monoisotopic (exact) mass is 338 g/mol. The minimum absolute atomic E-state index is 0.0259. The SMILES string of the molecule is Cc1ccccc1N1CCN(C(=O)Nc2ccc(N(C)C)cc2)CC1. The Morgan fingerprint density at radius 1 is 0.960 bits per heavy atom. The van der Waals surface area contributed by atoms with Gasteiger partial charge in [-0.1, -0.05) is 18.2 Å². The van der Waals surface area contributed by atoms with E-state index in [2.05, 4.69) is 41.4 Å². The Hall–Kier alpha value is -2.69. The lowest BCUT2D eigenvalue weighted by molar-refractivity contribution is 0.208. The number of hydrogen-bond acceptors (Lipinski definition) is 3. The number of urea groups is 1. The van der Waals surface area contributed by atoms with Crippen molar-refractivity contribution in [1.82, 2.24) is 4.90 Å². The van der Waals surface area contributed by atoms with Gasteiger partial charge in [0.2, 0.25) is 0 Å². The molecule has 5 heteroatoms. The third-order valence-corrected chi connectivity index (χ3v) is 4.66.